The summed E-state index contributed by atoms with van der Waals surface area (Å²) in [5.74, 6) is 0.470. The average Bonchev–Trinajstić information content (AvgIpc) is 2.82. The van der Waals surface area contributed by atoms with Crippen molar-refractivity contribution in [2.24, 2.45) is 5.10 Å². The second-order valence-electron chi connectivity index (χ2n) is 8.08. The Kier molecular flexibility index (Phi) is 8.48. The maximum Gasteiger partial charge on any atom is 0.260 e. The lowest BCUT2D eigenvalue weighted by Gasteiger charge is -2.23. The van der Waals surface area contributed by atoms with E-state index in [4.69, 9.17) is 9.47 Å². The van der Waals surface area contributed by atoms with Crippen LogP contribution in [0.2, 0.25) is 0 Å². The summed E-state index contributed by atoms with van der Waals surface area (Å²) in [6, 6.07) is 20.5. The molecule has 0 atom stereocenters. The molecule has 1 amide bonds. The van der Waals surface area contributed by atoms with Gasteiger partial charge in [0.15, 0.2) is 0 Å². The van der Waals surface area contributed by atoms with Crippen molar-refractivity contribution in [3.8, 4) is 11.5 Å². The van der Waals surface area contributed by atoms with E-state index in [1.165, 1.54) is 18.9 Å². The van der Waals surface area contributed by atoms with Crippen molar-refractivity contribution in [2.45, 2.75) is 20.5 Å². The van der Waals surface area contributed by atoms with Gasteiger partial charge >= 0.3 is 0 Å². The topological polar surface area (TPSA) is 97.3 Å². The number of benzene rings is 3. The molecule has 9 heteroatoms. The number of nitrogens with one attached hydrogen (secondary N) is 1. The molecule has 0 aliphatic heterocycles. The van der Waals surface area contributed by atoms with Gasteiger partial charge in [-0.1, -0.05) is 35.9 Å². The van der Waals surface area contributed by atoms with E-state index in [0.717, 1.165) is 27.3 Å². The number of hydrogen-bond acceptors (Lipinski definition) is 6. The van der Waals surface area contributed by atoms with Crippen molar-refractivity contribution in [3.63, 3.8) is 0 Å². The van der Waals surface area contributed by atoms with Gasteiger partial charge in [0.1, 0.15) is 24.7 Å². The lowest BCUT2D eigenvalue weighted by Crippen LogP contribution is -2.39. The molecule has 0 saturated heterocycles. The van der Waals surface area contributed by atoms with E-state index in [9.17, 15) is 13.2 Å². The molecular weight excluding hydrogens is 466 g/mol. The lowest BCUT2D eigenvalue weighted by atomic mass is 10.2. The zero-order chi connectivity index (χ0) is 25.4. The second kappa shape index (κ2) is 11.5. The largest absolute Gasteiger partial charge is 0.495 e. The SMILES string of the molecule is COc1ccc(C)cc1N(CC(=O)N/N=C\c1ccc(OCc2ccc(C)cc2)cc1)S(C)(=O)=O. The summed E-state index contributed by atoms with van der Waals surface area (Å²) in [4.78, 5) is 12.5. The summed E-state index contributed by atoms with van der Waals surface area (Å²) in [5.41, 5.74) is 6.51. The minimum absolute atomic E-state index is 0.287. The number of hydrogen-bond donors (Lipinski definition) is 1. The second-order valence-corrected chi connectivity index (χ2v) is 9.99. The zero-order valence-corrected chi connectivity index (χ0v) is 21.0. The summed E-state index contributed by atoms with van der Waals surface area (Å²) in [5, 5.41) is 3.94. The first-order valence-electron chi connectivity index (χ1n) is 10.9. The smallest absolute Gasteiger partial charge is 0.260 e. The fourth-order valence-electron chi connectivity index (χ4n) is 3.22. The van der Waals surface area contributed by atoms with Crippen LogP contribution in [-0.2, 0) is 21.4 Å². The Morgan fingerprint density at radius 1 is 1.00 bits per heavy atom. The van der Waals surface area contributed by atoms with Crippen molar-refractivity contribution >= 4 is 27.8 Å². The fraction of sp³-hybridized carbons (Fsp3) is 0.231. The van der Waals surface area contributed by atoms with Gasteiger partial charge in [-0.2, -0.15) is 5.10 Å². The van der Waals surface area contributed by atoms with Crippen molar-refractivity contribution in [2.75, 3.05) is 24.2 Å². The number of amides is 1. The molecule has 0 bridgehead atoms. The van der Waals surface area contributed by atoms with Crippen LogP contribution >= 0.6 is 0 Å². The molecule has 0 saturated carbocycles. The fourth-order valence-corrected chi connectivity index (χ4v) is 4.07. The molecular formula is C26H29N3O5S. The van der Waals surface area contributed by atoms with Crippen molar-refractivity contribution in [1.82, 2.24) is 5.43 Å². The molecule has 0 spiro atoms. The quantitative estimate of drug-likeness (QED) is 0.341. The number of rotatable bonds is 10. The van der Waals surface area contributed by atoms with Crippen LogP contribution in [-0.4, -0.2) is 40.4 Å². The minimum atomic E-state index is -3.75. The molecule has 0 radical (unpaired) electrons. The van der Waals surface area contributed by atoms with Crippen LogP contribution in [0.25, 0.3) is 0 Å². The number of ether oxygens (including phenoxy) is 2. The van der Waals surface area contributed by atoms with Crippen molar-refractivity contribution in [3.05, 3.63) is 89.0 Å². The van der Waals surface area contributed by atoms with Crippen LogP contribution in [0.3, 0.4) is 0 Å². The molecule has 0 aliphatic carbocycles. The number of nitrogens with zero attached hydrogens (tertiary/aromatic N) is 2. The molecule has 3 aromatic carbocycles. The Morgan fingerprint density at radius 2 is 1.66 bits per heavy atom. The number of anilines is 1. The third-order valence-corrected chi connectivity index (χ3v) is 6.23. The van der Waals surface area contributed by atoms with Crippen LogP contribution in [0.5, 0.6) is 11.5 Å². The third-order valence-electron chi connectivity index (χ3n) is 5.10. The van der Waals surface area contributed by atoms with Crippen LogP contribution < -0.4 is 19.2 Å². The number of methoxy groups -OCH3 is 1. The number of aryl methyl sites for hydroxylation is 2. The monoisotopic (exact) mass is 495 g/mol. The van der Waals surface area contributed by atoms with Gasteiger partial charge in [0.05, 0.1) is 25.3 Å². The first-order chi connectivity index (χ1) is 16.7. The minimum Gasteiger partial charge on any atom is -0.495 e. The number of carbonyl (C=O) groups excluding carboxylic acids is 1. The molecule has 8 nitrogen and oxygen atoms in total. The molecule has 0 aliphatic rings. The van der Waals surface area contributed by atoms with Gasteiger partial charge in [-0.05, 0) is 66.9 Å². The Labute approximate surface area is 206 Å². The molecule has 3 rings (SSSR count). The van der Waals surface area contributed by atoms with Crippen LogP contribution in [0.4, 0.5) is 5.69 Å². The van der Waals surface area contributed by atoms with Gasteiger partial charge in [0.2, 0.25) is 10.0 Å². The molecule has 0 fully saturated rings. The van der Waals surface area contributed by atoms with Crippen molar-refractivity contribution < 1.29 is 22.7 Å². The maximum absolute atomic E-state index is 12.5. The molecule has 0 heterocycles. The van der Waals surface area contributed by atoms with Gasteiger partial charge in [-0.15, -0.1) is 0 Å². The van der Waals surface area contributed by atoms with E-state index in [1.54, 1.807) is 30.3 Å². The summed E-state index contributed by atoms with van der Waals surface area (Å²) in [6.45, 7) is 3.89. The van der Waals surface area contributed by atoms with E-state index >= 15 is 0 Å². The van der Waals surface area contributed by atoms with Crippen LogP contribution in [0.15, 0.2) is 71.8 Å². The third kappa shape index (κ3) is 7.58. The highest BCUT2D eigenvalue weighted by molar-refractivity contribution is 7.92. The van der Waals surface area contributed by atoms with Gasteiger partial charge in [-0.3, -0.25) is 9.10 Å². The van der Waals surface area contributed by atoms with E-state index in [2.05, 4.69) is 10.5 Å². The van der Waals surface area contributed by atoms with E-state index in [0.29, 0.717) is 18.1 Å². The Morgan fingerprint density at radius 3 is 2.29 bits per heavy atom. The van der Waals surface area contributed by atoms with Gasteiger partial charge < -0.3 is 9.47 Å². The van der Waals surface area contributed by atoms with Gasteiger partial charge in [0.25, 0.3) is 5.91 Å². The number of hydrazone groups is 1. The number of sulfonamides is 1. The maximum atomic E-state index is 12.5. The van der Waals surface area contributed by atoms with Gasteiger partial charge in [-0.25, -0.2) is 13.8 Å². The van der Waals surface area contributed by atoms with Crippen LogP contribution in [0, 0.1) is 13.8 Å². The Bertz CT molecular complexity index is 1290. The van der Waals surface area contributed by atoms with Crippen LogP contribution in [0.1, 0.15) is 22.3 Å². The summed E-state index contributed by atoms with van der Waals surface area (Å²) in [7, 11) is -2.30. The summed E-state index contributed by atoms with van der Waals surface area (Å²) in [6.07, 6.45) is 2.51. The normalized spacial score (nSPS) is 11.3. The Balaban J connectivity index is 1.58. The highest BCUT2D eigenvalue weighted by Gasteiger charge is 2.24. The first kappa shape index (κ1) is 25.8. The standard InChI is InChI=1S/C26H29N3O5S/c1-19-5-8-22(9-6-19)18-34-23-12-10-21(11-13-23)16-27-28-26(30)17-29(35(4,31)32)24-15-20(2)7-14-25(24)33-3/h5-16H,17-18H2,1-4H3,(H,28,30)/b27-16-. The predicted molar refractivity (Wildman–Crippen MR) is 138 cm³/mol. The molecule has 35 heavy (non-hydrogen) atoms. The highest BCUT2D eigenvalue weighted by atomic mass is 32.2. The van der Waals surface area contributed by atoms with E-state index in [1.807, 2.05) is 50.2 Å². The summed E-state index contributed by atoms with van der Waals surface area (Å²) < 4.78 is 36.8. The van der Waals surface area contributed by atoms with E-state index < -0.39 is 22.5 Å². The molecule has 3 aromatic rings. The van der Waals surface area contributed by atoms with Gasteiger partial charge in [0, 0.05) is 0 Å². The highest BCUT2D eigenvalue weighted by Crippen LogP contribution is 2.30. The zero-order valence-electron chi connectivity index (χ0n) is 20.2. The molecule has 1 N–H and O–H groups in total. The molecule has 184 valence electrons. The molecule has 0 unspecified atom stereocenters. The average molecular weight is 496 g/mol. The van der Waals surface area contributed by atoms with E-state index in [-0.39, 0.29) is 5.69 Å². The lowest BCUT2D eigenvalue weighted by molar-refractivity contribution is -0.119. The molecule has 0 aromatic heterocycles. The predicted octanol–water partition coefficient (Wildman–Crippen LogP) is 3.81. The summed E-state index contributed by atoms with van der Waals surface area (Å²) >= 11 is 0. The number of carbonyl (C=O) groups is 1. The Hall–Kier alpha value is -3.85. The van der Waals surface area contributed by atoms with Crippen molar-refractivity contribution in [1.29, 1.82) is 0 Å². The first-order valence-corrected chi connectivity index (χ1v) is 12.7.